The molecule has 1 aliphatic carbocycles. The minimum Gasteiger partial charge on any atom is -0.378 e. The number of anilines is 1. The van der Waals surface area contributed by atoms with E-state index < -0.39 is 10.0 Å². The van der Waals surface area contributed by atoms with Crippen LogP contribution in [0.2, 0.25) is 0 Å². The van der Waals surface area contributed by atoms with E-state index in [0.717, 1.165) is 17.7 Å². The van der Waals surface area contributed by atoms with Gasteiger partial charge in [-0.1, -0.05) is 36.4 Å². The highest BCUT2D eigenvalue weighted by molar-refractivity contribution is 7.89. The predicted molar refractivity (Wildman–Crippen MR) is 109 cm³/mol. The molecule has 3 unspecified atom stereocenters. The van der Waals surface area contributed by atoms with Crippen LogP contribution in [0.1, 0.15) is 48.9 Å². The monoisotopic (exact) mass is 382 g/mol. The lowest BCUT2D eigenvalue weighted by molar-refractivity contribution is 0.424. The molecule has 0 amide bonds. The maximum absolute atomic E-state index is 12.6. The van der Waals surface area contributed by atoms with E-state index in [4.69, 9.17) is 0 Å². The summed E-state index contributed by atoms with van der Waals surface area (Å²) in [5, 5.41) is 3.69. The zero-order valence-electron chi connectivity index (χ0n) is 15.9. The van der Waals surface area contributed by atoms with Crippen LogP contribution in [0.25, 0.3) is 0 Å². The van der Waals surface area contributed by atoms with E-state index in [1.54, 1.807) is 6.07 Å². The fourth-order valence-corrected chi connectivity index (χ4v) is 5.65. The van der Waals surface area contributed by atoms with Crippen LogP contribution in [0.3, 0.4) is 0 Å². The molecule has 0 aromatic heterocycles. The van der Waals surface area contributed by atoms with Crippen LogP contribution in [-0.4, -0.2) is 14.5 Å². The van der Waals surface area contributed by atoms with E-state index in [2.05, 4.69) is 53.4 Å². The third-order valence-corrected chi connectivity index (χ3v) is 7.22. The topological polar surface area (TPSA) is 58.2 Å². The van der Waals surface area contributed by atoms with Gasteiger partial charge in [0.2, 0.25) is 10.0 Å². The first kappa shape index (κ1) is 18.3. The van der Waals surface area contributed by atoms with Crippen molar-refractivity contribution in [1.82, 2.24) is 4.72 Å². The van der Waals surface area contributed by atoms with Crippen molar-refractivity contribution in [2.45, 2.75) is 50.1 Å². The van der Waals surface area contributed by atoms with Crippen LogP contribution in [0.4, 0.5) is 5.69 Å². The van der Waals surface area contributed by atoms with Crippen molar-refractivity contribution in [2.24, 2.45) is 5.92 Å². The number of benzene rings is 2. The average molecular weight is 383 g/mol. The summed E-state index contributed by atoms with van der Waals surface area (Å²) in [6, 6.07) is 14.1. The highest BCUT2D eigenvalue weighted by Gasteiger charge is 2.38. The van der Waals surface area contributed by atoms with Crippen molar-refractivity contribution in [1.29, 1.82) is 0 Å². The lowest BCUT2D eigenvalue weighted by Crippen LogP contribution is -2.32. The zero-order chi connectivity index (χ0) is 19.2. The molecule has 4 nitrogen and oxygen atoms in total. The first-order valence-electron chi connectivity index (χ1n) is 9.52. The Labute approximate surface area is 161 Å². The minimum atomic E-state index is -3.50. The van der Waals surface area contributed by atoms with Crippen molar-refractivity contribution in [3.8, 4) is 0 Å². The lowest BCUT2D eigenvalue weighted by Gasteiger charge is -2.38. The molecular formula is C22H26N2O2S. The maximum Gasteiger partial charge on any atom is 0.240 e. The van der Waals surface area contributed by atoms with Crippen LogP contribution in [0, 0.1) is 12.8 Å². The van der Waals surface area contributed by atoms with Gasteiger partial charge in [-0.15, -0.1) is 0 Å². The van der Waals surface area contributed by atoms with Crippen LogP contribution >= 0.6 is 0 Å². The van der Waals surface area contributed by atoms with Gasteiger partial charge < -0.3 is 5.32 Å². The normalized spacial score (nSPS) is 23.8. The van der Waals surface area contributed by atoms with Gasteiger partial charge in [-0.25, -0.2) is 13.1 Å². The van der Waals surface area contributed by atoms with Crippen molar-refractivity contribution in [3.63, 3.8) is 0 Å². The van der Waals surface area contributed by atoms with Crippen LogP contribution in [-0.2, 0) is 10.0 Å². The summed E-state index contributed by atoms with van der Waals surface area (Å²) < 4.78 is 27.9. The molecule has 142 valence electrons. The molecule has 27 heavy (non-hydrogen) atoms. The fourth-order valence-electron chi connectivity index (χ4n) is 4.36. The second kappa shape index (κ2) is 6.80. The summed E-state index contributed by atoms with van der Waals surface area (Å²) >= 11 is 0. The molecule has 0 radical (unpaired) electrons. The molecule has 5 heteroatoms. The molecule has 0 fully saturated rings. The quantitative estimate of drug-likeness (QED) is 0.765. The predicted octanol–water partition coefficient (Wildman–Crippen LogP) is 4.51. The highest BCUT2D eigenvalue weighted by atomic mass is 32.2. The average Bonchev–Trinajstić information content (AvgIpc) is 3.10. The summed E-state index contributed by atoms with van der Waals surface area (Å²) in [7, 11) is -3.50. The summed E-state index contributed by atoms with van der Waals surface area (Å²) in [5.41, 5.74) is 4.70. The van der Waals surface area contributed by atoms with Gasteiger partial charge in [0.15, 0.2) is 0 Å². The van der Waals surface area contributed by atoms with Crippen molar-refractivity contribution in [3.05, 3.63) is 71.3 Å². The molecule has 3 atom stereocenters. The van der Waals surface area contributed by atoms with Crippen LogP contribution < -0.4 is 10.0 Å². The van der Waals surface area contributed by atoms with Gasteiger partial charge in [-0.05, 0) is 68.0 Å². The van der Waals surface area contributed by atoms with Gasteiger partial charge in [0.1, 0.15) is 0 Å². The Morgan fingerprint density at radius 2 is 1.89 bits per heavy atom. The number of rotatable bonds is 4. The maximum atomic E-state index is 12.6. The Hall–Kier alpha value is -2.11. The Balaban J connectivity index is 1.75. The van der Waals surface area contributed by atoms with Crippen molar-refractivity contribution < 1.29 is 8.42 Å². The fraction of sp³-hybridized carbons (Fsp3) is 0.364. The molecule has 1 heterocycles. The number of sulfonamides is 1. The van der Waals surface area contributed by atoms with Gasteiger partial charge in [-0.3, -0.25) is 0 Å². The van der Waals surface area contributed by atoms with E-state index in [1.165, 1.54) is 11.1 Å². The second-order valence-electron chi connectivity index (χ2n) is 7.86. The van der Waals surface area contributed by atoms with E-state index in [-0.39, 0.29) is 18.0 Å². The number of fused-ring (bicyclic) bond motifs is 3. The summed E-state index contributed by atoms with van der Waals surface area (Å²) in [4.78, 5) is 0.338. The molecule has 0 saturated heterocycles. The second-order valence-corrected chi connectivity index (χ2v) is 9.57. The molecule has 0 spiro atoms. The number of aryl methyl sites for hydroxylation is 1. The van der Waals surface area contributed by atoms with Crippen LogP contribution in [0.15, 0.2) is 59.5 Å². The minimum absolute atomic E-state index is 0.131. The van der Waals surface area contributed by atoms with E-state index in [9.17, 15) is 8.42 Å². The van der Waals surface area contributed by atoms with Gasteiger partial charge >= 0.3 is 0 Å². The van der Waals surface area contributed by atoms with E-state index in [1.807, 2.05) is 26.0 Å². The molecule has 2 aliphatic rings. The van der Waals surface area contributed by atoms with E-state index >= 15 is 0 Å². The Morgan fingerprint density at radius 3 is 2.63 bits per heavy atom. The first-order chi connectivity index (χ1) is 12.9. The third-order valence-electron chi connectivity index (χ3n) is 5.56. The number of hydrogen-bond acceptors (Lipinski definition) is 3. The van der Waals surface area contributed by atoms with Crippen molar-refractivity contribution >= 4 is 15.7 Å². The number of nitrogens with one attached hydrogen (secondary N) is 2. The largest absolute Gasteiger partial charge is 0.378 e. The highest BCUT2D eigenvalue weighted by Crippen LogP contribution is 2.50. The molecule has 2 N–H and O–H groups in total. The van der Waals surface area contributed by atoms with E-state index in [0.29, 0.717) is 10.8 Å². The Morgan fingerprint density at radius 1 is 1.11 bits per heavy atom. The molecule has 0 saturated carbocycles. The lowest BCUT2D eigenvalue weighted by atomic mass is 9.76. The molecule has 2 aromatic rings. The third kappa shape index (κ3) is 3.30. The molecular weight excluding hydrogens is 356 g/mol. The van der Waals surface area contributed by atoms with Crippen molar-refractivity contribution in [2.75, 3.05) is 5.32 Å². The summed E-state index contributed by atoms with van der Waals surface area (Å²) in [6.07, 6.45) is 5.46. The van der Waals surface area contributed by atoms with Gasteiger partial charge in [0, 0.05) is 17.6 Å². The molecule has 1 aliphatic heterocycles. The van der Waals surface area contributed by atoms with Gasteiger partial charge in [0.05, 0.1) is 10.9 Å². The number of allylic oxidation sites excluding steroid dienone is 2. The SMILES string of the molecule is Cc1ccccc1C1Nc2ccc(S(=O)(=O)NC(C)C)cc2C2C=CCC21. The zero-order valence-corrected chi connectivity index (χ0v) is 16.8. The molecule has 0 bridgehead atoms. The first-order valence-corrected chi connectivity index (χ1v) is 11.0. The number of hydrogen-bond donors (Lipinski definition) is 2. The Kier molecular flexibility index (Phi) is 4.60. The standard InChI is InChI=1S/C22H26N2O2S/c1-14(2)24-27(25,26)16-11-12-21-20(13-16)18-9-6-10-19(18)22(23-21)17-8-5-4-7-15(17)3/h4-9,11-14,18-19,22-24H,10H2,1-3H3. The van der Waals surface area contributed by atoms with Gasteiger partial charge in [-0.2, -0.15) is 0 Å². The molecule has 4 rings (SSSR count). The Bertz CT molecular complexity index is 995. The smallest absolute Gasteiger partial charge is 0.240 e. The molecule has 2 aromatic carbocycles. The van der Waals surface area contributed by atoms with Crippen LogP contribution in [0.5, 0.6) is 0 Å². The summed E-state index contributed by atoms with van der Waals surface area (Å²) in [5.74, 6) is 0.634. The summed E-state index contributed by atoms with van der Waals surface area (Å²) in [6.45, 7) is 5.82. The van der Waals surface area contributed by atoms with Gasteiger partial charge in [0.25, 0.3) is 0 Å².